The molecule has 3 nitrogen and oxygen atoms in total. The first-order valence-corrected chi connectivity index (χ1v) is 8.60. The highest BCUT2D eigenvalue weighted by molar-refractivity contribution is 7.98. The van der Waals surface area contributed by atoms with E-state index in [-0.39, 0.29) is 5.91 Å². The third-order valence-electron chi connectivity index (χ3n) is 3.46. The van der Waals surface area contributed by atoms with Crippen LogP contribution in [-0.2, 0) is 11.3 Å². The number of anilines is 1. The molecular weight excluding hydrogens is 292 g/mol. The molecule has 116 valence electrons. The van der Waals surface area contributed by atoms with E-state index in [9.17, 15) is 4.79 Å². The van der Waals surface area contributed by atoms with Crippen LogP contribution in [0.2, 0.25) is 0 Å². The van der Waals surface area contributed by atoms with Gasteiger partial charge in [0, 0.05) is 16.1 Å². The zero-order valence-electron chi connectivity index (χ0n) is 13.3. The van der Waals surface area contributed by atoms with Gasteiger partial charge in [-0.25, -0.2) is 0 Å². The maximum Gasteiger partial charge on any atom is 0.279 e. The van der Waals surface area contributed by atoms with Crippen molar-refractivity contribution in [3.05, 3.63) is 59.7 Å². The summed E-state index contributed by atoms with van der Waals surface area (Å²) >= 11 is 1.74. The SMILES string of the molecule is CSc1ccc(C[NH+](C)CC(=O)Nc2ccc(C)cc2)cc1. The molecule has 0 spiro atoms. The Labute approximate surface area is 136 Å². The second-order valence-electron chi connectivity index (χ2n) is 5.57. The summed E-state index contributed by atoms with van der Waals surface area (Å²) in [5.41, 5.74) is 3.29. The van der Waals surface area contributed by atoms with E-state index in [0.29, 0.717) is 6.54 Å². The van der Waals surface area contributed by atoms with Gasteiger partial charge < -0.3 is 10.2 Å². The zero-order chi connectivity index (χ0) is 15.9. The number of amides is 1. The van der Waals surface area contributed by atoms with Crippen LogP contribution < -0.4 is 10.2 Å². The number of quaternary nitrogens is 1. The van der Waals surface area contributed by atoms with Gasteiger partial charge in [0.25, 0.3) is 5.91 Å². The number of hydrogen-bond acceptors (Lipinski definition) is 2. The lowest BCUT2D eigenvalue weighted by molar-refractivity contribution is -0.885. The van der Waals surface area contributed by atoms with Crippen molar-refractivity contribution < 1.29 is 9.69 Å². The molecule has 0 aliphatic heterocycles. The standard InChI is InChI=1S/C18H22N2OS/c1-14-4-8-16(9-5-14)19-18(21)13-20(2)12-15-6-10-17(22-3)11-7-15/h4-11H,12-13H2,1-3H3,(H,19,21)/p+1. The summed E-state index contributed by atoms with van der Waals surface area (Å²) in [7, 11) is 2.04. The number of benzene rings is 2. The fourth-order valence-corrected chi connectivity index (χ4v) is 2.68. The summed E-state index contributed by atoms with van der Waals surface area (Å²) in [6.07, 6.45) is 2.07. The third kappa shape index (κ3) is 5.20. The van der Waals surface area contributed by atoms with Crippen molar-refractivity contribution >= 4 is 23.4 Å². The number of carbonyl (C=O) groups excluding carboxylic acids is 1. The lowest BCUT2D eigenvalue weighted by Gasteiger charge is -2.14. The maximum absolute atomic E-state index is 12.1. The summed E-state index contributed by atoms with van der Waals surface area (Å²) in [6, 6.07) is 16.4. The highest BCUT2D eigenvalue weighted by atomic mass is 32.2. The van der Waals surface area contributed by atoms with Gasteiger partial charge in [-0.05, 0) is 37.4 Å². The molecule has 0 heterocycles. The van der Waals surface area contributed by atoms with E-state index in [0.717, 1.165) is 12.2 Å². The summed E-state index contributed by atoms with van der Waals surface area (Å²) in [5, 5.41) is 2.94. The average molecular weight is 315 g/mol. The van der Waals surface area contributed by atoms with Crippen molar-refractivity contribution in [1.82, 2.24) is 0 Å². The smallest absolute Gasteiger partial charge is 0.279 e. The van der Waals surface area contributed by atoms with Crippen LogP contribution in [-0.4, -0.2) is 25.8 Å². The molecule has 2 rings (SSSR count). The molecule has 0 aliphatic carbocycles. The van der Waals surface area contributed by atoms with Crippen molar-refractivity contribution in [2.75, 3.05) is 25.2 Å². The van der Waals surface area contributed by atoms with E-state index >= 15 is 0 Å². The van der Waals surface area contributed by atoms with Crippen LogP contribution in [0.3, 0.4) is 0 Å². The van der Waals surface area contributed by atoms with E-state index in [4.69, 9.17) is 0 Å². The second-order valence-corrected chi connectivity index (χ2v) is 6.45. The minimum atomic E-state index is 0.0436. The molecule has 0 saturated carbocycles. The average Bonchev–Trinajstić information content (AvgIpc) is 2.50. The predicted molar refractivity (Wildman–Crippen MR) is 93.5 cm³/mol. The first-order chi connectivity index (χ1) is 10.6. The fourth-order valence-electron chi connectivity index (χ4n) is 2.27. The lowest BCUT2D eigenvalue weighted by Crippen LogP contribution is -3.08. The Morgan fingerprint density at radius 1 is 1.09 bits per heavy atom. The first kappa shape index (κ1) is 16.6. The molecule has 1 atom stereocenters. The minimum Gasteiger partial charge on any atom is -0.326 e. The van der Waals surface area contributed by atoms with Crippen molar-refractivity contribution in [3.63, 3.8) is 0 Å². The van der Waals surface area contributed by atoms with Gasteiger partial charge >= 0.3 is 0 Å². The van der Waals surface area contributed by atoms with Crippen LogP contribution in [0.25, 0.3) is 0 Å². The Bertz CT molecular complexity index is 608. The van der Waals surface area contributed by atoms with Gasteiger partial charge in [-0.15, -0.1) is 11.8 Å². The highest BCUT2D eigenvalue weighted by Gasteiger charge is 2.10. The second kappa shape index (κ2) is 8.01. The Morgan fingerprint density at radius 2 is 1.73 bits per heavy atom. The Kier molecular flexibility index (Phi) is 6.04. The maximum atomic E-state index is 12.1. The van der Waals surface area contributed by atoms with Crippen LogP contribution in [0.1, 0.15) is 11.1 Å². The molecule has 1 amide bonds. The van der Waals surface area contributed by atoms with Crippen molar-refractivity contribution in [2.45, 2.75) is 18.4 Å². The number of rotatable bonds is 6. The van der Waals surface area contributed by atoms with Crippen LogP contribution in [0.4, 0.5) is 5.69 Å². The van der Waals surface area contributed by atoms with Crippen molar-refractivity contribution in [1.29, 1.82) is 0 Å². The highest BCUT2D eigenvalue weighted by Crippen LogP contribution is 2.14. The van der Waals surface area contributed by atoms with E-state index in [1.165, 1.54) is 20.9 Å². The lowest BCUT2D eigenvalue weighted by atomic mass is 10.2. The number of nitrogens with one attached hydrogen (secondary N) is 2. The van der Waals surface area contributed by atoms with E-state index in [1.807, 2.05) is 38.2 Å². The topological polar surface area (TPSA) is 33.5 Å². The van der Waals surface area contributed by atoms with Crippen molar-refractivity contribution in [2.24, 2.45) is 0 Å². The predicted octanol–water partition coefficient (Wildman–Crippen LogP) is 2.37. The quantitative estimate of drug-likeness (QED) is 0.803. The van der Waals surface area contributed by atoms with Gasteiger partial charge in [-0.2, -0.15) is 0 Å². The number of thioether (sulfide) groups is 1. The largest absolute Gasteiger partial charge is 0.326 e. The molecule has 2 aromatic rings. The zero-order valence-corrected chi connectivity index (χ0v) is 14.2. The van der Waals surface area contributed by atoms with Crippen molar-refractivity contribution in [3.8, 4) is 0 Å². The minimum absolute atomic E-state index is 0.0436. The number of hydrogen-bond donors (Lipinski definition) is 2. The van der Waals surface area contributed by atoms with Crippen LogP contribution in [0.5, 0.6) is 0 Å². The first-order valence-electron chi connectivity index (χ1n) is 7.37. The van der Waals surface area contributed by atoms with Gasteiger partial charge in [0.05, 0.1) is 7.05 Å². The van der Waals surface area contributed by atoms with Gasteiger partial charge in [-0.1, -0.05) is 29.8 Å². The molecule has 2 N–H and O–H groups in total. The molecule has 4 heteroatoms. The number of carbonyl (C=O) groups is 1. The molecule has 0 aliphatic rings. The van der Waals surface area contributed by atoms with E-state index in [2.05, 4.69) is 35.8 Å². The normalized spacial score (nSPS) is 12.0. The number of likely N-dealkylation sites (N-methyl/N-ethyl adjacent to an activating group) is 1. The van der Waals surface area contributed by atoms with Gasteiger partial charge in [0.2, 0.25) is 0 Å². The number of aryl methyl sites for hydroxylation is 1. The fraction of sp³-hybridized carbons (Fsp3) is 0.278. The molecule has 0 aromatic heterocycles. The molecule has 0 saturated heterocycles. The molecule has 0 radical (unpaired) electrons. The summed E-state index contributed by atoms with van der Waals surface area (Å²) in [5.74, 6) is 0.0436. The van der Waals surface area contributed by atoms with Gasteiger partial charge in [0.1, 0.15) is 6.54 Å². The summed E-state index contributed by atoms with van der Waals surface area (Å²) in [4.78, 5) is 14.5. The van der Waals surface area contributed by atoms with Crippen LogP contribution >= 0.6 is 11.8 Å². The Balaban J connectivity index is 1.83. The van der Waals surface area contributed by atoms with E-state index < -0.39 is 0 Å². The molecule has 2 aromatic carbocycles. The third-order valence-corrected chi connectivity index (χ3v) is 4.21. The molecule has 22 heavy (non-hydrogen) atoms. The monoisotopic (exact) mass is 315 g/mol. The van der Waals surface area contributed by atoms with Gasteiger partial charge in [-0.3, -0.25) is 4.79 Å². The molecule has 1 unspecified atom stereocenters. The van der Waals surface area contributed by atoms with Crippen LogP contribution in [0.15, 0.2) is 53.4 Å². The molecular formula is C18H23N2OS+. The molecule has 0 fully saturated rings. The Hall–Kier alpha value is -1.78. The van der Waals surface area contributed by atoms with E-state index in [1.54, 1.807) is 11.8 Å². The van der Waals surface area contributed by atoms with Gasteiger partial charge in [0.15, 0.2) is 6.54 Å². The summed E-state index contributed by atoms with van der Waals surface area (Å²) in [6.45, 7) is 3.33. The Morgan fingerprint density at radius 3 is 2.32 bits per heavy atom. The molecule has 0 bridgehead atoms. The summed E-state index contributed by atoms with van der Waals surface area (Å²) < 4.78 is 0. The van der Waals surface area contributed by atoms with Crippen LogP contribution in [0, 0.1) is 6.92 Å².